The van der Waals surface area contributed by atoms with Gasteiger partial charge in [-0.2, -0.15) is 0 Å². The summed E-state index contributed by atoms with van der Waals surface area (Å²) in [6, 6.07) is 9.05. The quantitative estimate of drug-likeness (QED) is 0.412. The van der Waals surface area contributed by atoms with Crippen LogP contribution >= 0.6 is 0 Å². The van der Waals surface area contributed by atoms with Gasteiger partial charge in [0.15, 0.2) is 0 Å². The number of aliphatic hydroxyl groups is 1. The number of carbonyl (C=O) groups is 1. The van der Waals surface area contributed by atoms with E-state index in [0.29, 0.717) is 12.0 Å². The van der Waals surface area contributed by atoms with E-state index in [-0.39, 0.29) is 5.57 Å². The lowest BCUT2D eigenvalue weighted by Crippen LogP contribution is -2.06. The molecule has 0 bridgehead atoms. The minimum atomic E-state index is -0.633. The van der Waals surface area contributed by atoms with Crippen LogP contribution < -0.4 is 0 Å². The summed E-state index contributed by atoms with van der Waals surface area (Å²) in [6.45, 7) is 0. The Morgan fingerprint density at radius 1 is 1.29 bits per heavy atom. The Labute approximate surface area is 80.1 Å². The summed E-state index contributed by atoms with van der Waals surface area (Å²) in [5.41, 5.74) is 1.17. The second-order valence-electron chi connectivity index (χ2n) is 2.73. The van der Waals surface area contributed by atoms with Crippen LogP contribution in [0.25, 0.3) is 0 Å². The van der Waals surface area contributed by atoms with Crippen molar-refractivity contribution in [2.24, 2.45) is 5.16 Å². The molecule has 0 aromatic heterocycles. The molecule has 1 aromatic rings. The predicted molar refractivity (Wildman–Crippen MR) is 49.8 cm³/mol. The minimum Gasteiger partial charge on any atom is -0.515 e. The van der Waals surface area contributed by atoms with Crippen LogP contribution in [0.4, 0.5) is 0 Å². The number of aliphatic hydroxyl groups excluding tert-OH is 1. The topological polar surface area (TPSA) is 58.9 Å². The van der Waals surface area contributed by atoms with Crippen LogP contribution in [0.5, 0.6) is 0 Å². The van der Waals surface area contributed by atoms with E-state index in [1.807, 2.05) is 18.2 Å². The summed E-state index contributed by atoms with van der Waals surface area (Å²) in [6.07, 6.45) is 0.709. The van der Waals surface area contributed by atoms with Crippen LogP contribution in [0.1, 0.15) is 5.56 Å². The maximum Gasteiger partial charge on any atom is 0.371 e. The number of carbonyl (C=O) groups excluding carboxylic acids is 1. The van der Waals surface area contributed by atoms with Crippen molar-refractivity contribution >= 4 is 11.7 Å². The lowest BCUT2D eigenvalue weighted by molar-refractivity contribution is -0.136. The van der Waals surface area contributed by atoms with E-state index >= 15 is 0 Å². The van der Waals surface area contributed by atoms with Crippen LogP contribution in [0.3, 0.4) is 0 Å². The van der Waals surface area contributed by atoms with E-state index in [0.717, 1.165) is 5.56 Å². The van der Waals surface area contributed by atoms with Crippen molar-refractivity contribution in [2.45, 2.75) is 0 Å². The SMILES string of the molecule is O=C1ON=C(c2ccccc2)C1=CO. The molecule has 2 rings (SSSR count). The average molecular weight is 189 g/mol. The Balaban J connectivity index is 2.42. The Bertz CT molecular complexity index is 420. The van der Waals surface area contributed by atoms with Gasteiger partial charge >= 0.3 is 5.97 Å². The van der Waals surface area contributed by atoms with E-state index in [1.54, 1.807) is 12.1 Å². The molecule has 1 aliphatic rings. The summed E-state index contributed by atoms with van der Waals surface area (Å²) in [7, 11) is 0. The first kappa shape index (κ1) is 8.50. The van der Waals surface area contributed by atoms with Crippen molar-refractivity contribution in [1.29, 1.82) is 0 Å². The number of nitrogens with zero attached hydrogens (tertiary/aromatic N) is 1. The fraction of sp³-hybridized carbons (Fsp3) is 0. The Morgan fingerprint density at radius 2 is 2.00 bits per heavy atom. The van der Waals surface area contributed by atoms with Crippen molar-refractivity contribution in [2.75, 3.05) is 0 Å². The summed E-state index contributed by atoms with van der Waals surface area (Å²) >= 11 is 0. The van der Waals surface area contributed by atoms with Crippen LogP contribution in [0.2, 0.25) is 0 Å². The Hall–Kier alpha value is -2.10. The highest BCUT2D eigenvalue weighted by Gasteiger charge is 2.26. The van der Waals surface area contributed by atoms with Gasteiger partial charge < -0.3 is 9.94 Å². The molecule has 4 heteroatoms. The van der Waals surface area contributed by atoms with Crippen molar-refractivity contribution < 1.29 is 14.7 Å². The highest BCUT2D eigenvalue weighted by atomic mass is 16.7. The Kier molecular flexibility index (Phi) is 2.02. The molecule has 0 amide bonds. The smallest absolute Gasteiger partial charge is 0.371 e. The second kappa shape index (κ2) is 3.33. The van der Waals surface area contributed by atoms with E-state index in [2.05, 4.69) is 9.99 Å². The molecule has 1 heterocycles. The lowest BCUT2D eigenvalue weighted by atomic mass is 10.0. The van der Waals surface area contributed by atoms with Gasteiger partial charge in [-0.1, -0.05) is 35.5 Å². The van der Waals surface area contributed by atoms with E-state index in [1.165, 1.54) is 0 Å². The van der Waals surface area contributed by atoms with E-state index in [9.17, 15) is 4.79 Å². The largest absolute Gasteiger partial charge is 0.515 e. The number of benzene rings is 1. The predicted octanol–water partition coefficient (Wildman–Crippen LogP) is 1.39. The molecular weight excluding hydrogens is 182 g/mol. The van der Waals surface area contributed by atoms with Crippen LogP contribution in [0.15, 0.2) is 47.3 Å². The Morgan fingerprint density at radius 3 is 2.64 bits per heavy atom. The standard InChI is InChI=1S/C10H7NO3/c12-6-8-9(11-14-10(8)13)7-4-2-1-3-5-7/h1-6,12H. The average Bonchev–Trinajstić information content (AvgIpc) is 2.61. The number of hydrogen-bond donors (Lipinski definition) is 1. The fourth-order valence-electron chi connectivity index (χ4n) is 1.20. The van der Waals surface area contributed by atoms with Gasteiger partial charge in [-0.3, -0.25) is 0 Å². The molecule has 0 atom stereocenters. The number of hydrogen-bond acceptors (Lipinski definition) is 4. The lowest BCUT2D eigenvalue weighted by Gasteiger charge is -1.96. The molecule has 70 valence electrons. The molecule has 1 N–H and O–H groups in total. The van der Waals surface area contributed by atoms with E-state index in [4.69, 9.17) is 5.11 Å². The summed E-state index contributed by atoms with van der Waals surface area (Å²) < 4.78 is 0. The second-order valence-corrected chi connectivity index (χ2v) is 2.73. The fourth-order valence-corrected chi connectivity index (χ4v) is 1.20. The van der Waals surface area contributed by atoms with E-state index < -0.39 is 5.97 Å². The third-order valence-corrected chi connectivity index (χ3v) is 1.87. The number of oxime groups is 1. The molecule has 0 spiro atoms. The molecule has 0 fully saturated rings. The van der Waals surface area contributed by atoms with Crippen molar-refractivity contribution in [1.82, 2.24) is 0 Å². The van der Waals surface area contributed by atoms with Crippen LogP contribution in [0, 0.1) is 0 Å². The minimum absolute atomic E-state index is 0.0798. The molecular formula is C10H7NO3. The maximum absolute atomic E-state index is 11.0. The highest BCUT2D eigenvalue weighted by Crippen LogP contribution is 2.16. The third kappa shape index (κ3) is 1.26. The van der Waals surface area contributed by atoms with Gasteiger partial charge in [0.2, 0.25) is 0 Å². The van der Waals surface area contributed by atoms with Crippen LogP contribution in [-0.2, 0) is 9.63 Å². The number of rotatable bonds is 1. The van der Waals surface area contributed by atoms with Crippen molar-refractivity contribution in [3.8, 4) is 0 Å². The zero-order valence-electron chi connectivity index (χ0n) is 7.18. The molecule has 0 aliphatic carbocycles. The first-order chi connectivity index (χ1) is 6.83. The summed E-state index contributed by atoms with van der Waals surface area (Å²) in [4.78, 5) is 15.5. The van der Waals surface area contributed by atoms with Gasteiger partial charge in [-0.05, 0) is 0 Å². The summed E-state index contributed by atoms with van der Waals surface area (Å²) in [5, 5.41) is 12.4. The normalized spacial score (nSPS) is 18.1. The molecule has 0 radical (unpaired) electrons. The molecule has 1 aromatic carbocycles. The molecule has 4 nitrogen and oxygen atoms in total. The van der Waals surface area contributed by atoms with Crippen LogP contribution in [-0.4, -0.2) is 16.8 Å². The maximum atomic E-state index is 11.0. The molecule has 14 heavy (non-hydrogen) atoms. The highest BCUT2D eigenvalue weighted by molar-refractivity contribution is 6.28. The van der Waals surface area contributed by atoms with Gasteiger partial charge in [0.1, 0.15) is 11.3 Å². The third-order valence-electron chi connectivity index (χ3n) is 1.87. The first-order valence-electron chi connectivity index (χ1n) is 4.02. The van der Waals surface area contributed by atoms with Gasteiger partial charge in [0, 0.05) is 5.56 Å². The molecule has 0 saturated carbocycles. The molecule has 0 unspecified atom stereocenters. The monoisotopic (exact) mass is 189 g/mol. The van der Waals surface area contributed by atoms with Gasteiger partial charge in [-0.15, -0.1) is 0 Å². The van der Waals surface area contributed by atoms with Gasteiger partial charge in [0.25, 0.3) is 0 Å². The van der Waals surface area contributed by atoms with Crippen molar-refractivity contribution in [3.63, 3.8) is 0 Å². The van der Waals surface area contributed by atoms with Crippen molar-refractivity contribution in [3.05, 3.63) is 47.7 Å². The zero-order valence-corrected chi connectivity index (χ0v) is 7.18. The van der Waals surface area contributed by atoms with Gasteiger partial charge in [-0.25, -0.2) is 4.79 Å². The molecule has 0 saturated heterocycles. The first-order valence-corrected chi connectivity index (χ1v) is 4.02. The molecule has 1 aliphatic heterocycles. The zero-order chi connectivity index (χ0) is 9.97. The van der Waals surface area contributed by atoms with Gasteiger partial charge in [0.05, 0.1) is 6.26 Å². The summed E-state index contributed by atoms with van der Waals surface area (Å²) in [5.74, 6) is -0.633.